The van der Waals surface area contributed by atoms with Crippen LogP contribution < -0.4 is 5.32 Å². The molecular formula is C23H25N7O2. The van der Waals surface area contributed by atoms with Gasteiger partial charge in [-0.25, -0.2) is 4.98 Å². The fourth-order valence-electron chi connectivity index (χ4n) is 3.60. The molecule has 164 valence electrons. The van der Waals surface area contributed by atoms with Crippen LogP contribution in [0.15, 0.2) is 42.7 Å². The molecule has 0 aliphatic heterocycles. The van der Waals surface area contributed by atoms with Crippen molar-refractivity contribution in [1.29, 1.82) is 0 Å². The summed E-state index contributed by atoms with van der Waals surface area (Å²) in [6.07, 6.45) is 3.25. The molecule has 0 unspecified atom stereocenters. The van der Waals surface area contributed by atoms with E-state index in [-0.39, 0.29) is 11.8 Å². The second kappa shape index (κ2) is 8.26. The molecule has 0 atom stereocenters. The fourth-order valence-corrected chi connectivity index (χ4v) is 3.60. The molecule has 1 N–H and O–H groups in total. The number of hydrogen-bond acceptors (Lipinski definition) is 5. The minimum Gasteiger partial charge on any atom is -0.343 e. The van der Waals surface area contributed by atoms with Crippen molar-refractivity contribution in [2.75, 3.05) is 19.4 Å². The predicted octanol–water partition coefficient (Wildman–Crippen LogP) is 3.11. The summed E-state index contributed by atoms with van der Waals surface area (Å²) in [5.41, 5.74) is 4.33. The molecule has 9 nitrogen and oxygen atoms in total. The first-order chi connectivity index (χ1) is 15.3. The third kappa shape index (κ3) is 3.62. The van der Waals surface area contributed by atoms with E-state index in [0.29, 0.717) is 34.7 Å². The summed E-state index contributed by atoms with van der Waals surface area (Å²) < 4.78 is 3.34. The first-order valence-electron chi connectivity index (χ1n) is 10.3. The number of carbonyl (C=O) groups excluding carboxylic acids is 2. The number of benzene rings is 1. The lowest BCUT2D eigenvalue weighted by molar-refractivity contribution is 0.0816. The minimum absolute atomic E-state index is 0.231. The van der Waals surface area contributed by atoms with E-state index < -0.39 is 0 Å². The topological polar surface area (TPSA) is 97.9 Å². The number of hydrogen-bond donors (Lipinski definition) is 1. The van der Waals surface area contributed by atoms with E-state index in [4.69, 9.17) is 4.98 Å². The van der Waals surface area contributed by atoms with E-state index in [1.807, 2.05) is 45.2 Å². The monoisotopic (exact) mass is 431 g/mol. The zero-order valence-electron chi connectivity index (χ0n) is 18.7. The SMILES string of the molecule is CCn1ncc(NC(=O)c2cc(-c3cnn(C)c3C)nc3ccccc23)c1C(=O)N(C)C. The van der Waals surface area contributed by atoms with Crippen molar-refractivity contribution in [3.8, 4) is 11.3 Å². The average molecular weight is 432 g/mol. The number of nitrogens with one attached hydrogen (secondary N) is 1. The van der Waals surface area contributed by atoms with Crippen LogP contribution in [0.2, 0.25) is 0 Å². The van der Waals surface area contributed by atoms with Crippen LogP contribution in [0.4, 0.5) is 5.69 Å². The van der Waals surface area contributed by atoms with Crippen LogP contribution in [-0.4, -0.2) is 55.4 Å². The molecule has 0 saturated carbocycles. The highest BCUT2D eigenvalue weighted by Gasteiger charge is 2.23. The highest BCUT2D eigenvalue weighted by molar-refractivity contribution is 6.14. The molecule has 4 aromatic rings. The fraction of sp³-hybridized carbons (Fsp3) is 0.261. The van der Waals surface area contributed by atoms with Crippen molar-refractivity contribution in [1.82, 2.24) is 29.4 Å². The molecule has 3 heterocycles. The molecule has 4 rings (SSSR count). The van der Waals surface area contributed by atoms with Gasteiger partial charge in [0.05, 0.1) is 34.9 Å². The van der Waals surface area contributed by atoms with Gasteiger partial charge in [0, 0.05) is 44.3 Å². The maximum absolute atomic E-state index is 13.4. The number of pyridine rings is 1. The lowest BCUT2D eigenvalue weighted by Gasteiger charge is -2.14. The van der Waals surface area contributed by atoms with Crippen molar-refractivity contribution in [2.45, 2.75) is 20.4 Å². The van der Waals surface area contributed by atoms with E-state index in [9.17, 15) is 9.59 Å². The summed E-state index contributed by atoms with van der Waals surface area (Å²) in [6.45, 7) is 4.36. The van der Waals surface area contributed by atoms with Crippen LogP contribution in [0.5, 0.6) is 0 Å². The molecule has 0 radical (unpaired) electrons. The molecule has 0 aliphatic rings. The number of aromatic nitrogens is 5. The molecule has 3 aromatic heterocycles. The number of para-hydroxylation sites is 1. The smallest absolute Gasteiger partial charge is 0.273 e. The quantitative estimate of drug-likeness (QED) is 0.524. The van der Waals surface area contributed by atoms with E-state index in [0.717, 1.165) is 16.6 Å². The van der Waals surface area contributed by atoms with Crippen molar-refractivity contribution >= 4 is 28.4 Å². The van der Waals surface area contributed by atoms with Gasteiger partial charge in [0.1, 0.15) is 5.69 Å². The van der Waals surface area contributed by atoms with Gasteiger partial charge < -0.3 is 10.2 Å². The average Bonchev–Trinajstić information content (AvgIpc) is 3.34. The first-order valence-corrected chi connectivity index (χ1v) is 10.3. The Kier molecular flexibility index (Phi) is 5.48. The van der Waals surface area contributed by atoms with Crippen LogP contribution in [0.3, 0.4) is 0 Å². The summed E-state index contributed by atoms with van der Waals surface area (Å²) in [6, 6.07) is 9.25. The van der Waals surface area contributed by atoms with Crippen LogP contribution in [0.25, 0.3) is 22.2 Å². The highest BCUT2D eigenvalue weighted by atomic mass is 16.2. The first kappa shape index (κ1) is 21.2. The van der Waals surface area contributed by atoms with Gasteiger partial charge in [-0.15, -0.1) is 0 Å². The maximum atomic E-state index is 13.4. The molecule has 0 bridgehead atoms. The van der Waals surface area contributed by atoms with Crippen LogP contribution in [0, 0.1) is 6.92 Å². The lowest BCUT2D eigenvalue weighted by atomic mass is 10.0. The van der Waals surface area contributed by atoms with Gasteiger partial charge in [-0.05, 0) is 26.0 Å². The van der Waals surface area contributed by atoms with Crippen LogP contribution >= 0.6 is 0 Å². The van der Waals surface area contributed by atoms with Gasteiger partial charge in [-0.2, -0.15) is 10.2 Å². The Labute approximate surface area is 185 Å². The van der Waals surface area contributed by atoms with Gasteiger partial charge in [-0.1, -0.05) is 18.2 Å². The predicted molar refractivity (Wildman–Crippen MR) is 123 cm³/mol. The Morgan fingerprint density at radius 3 is 2.53 bits per heavy atom. The number of carbonyl (C=O) groups is 2. The summed E-state index contributed by atoms with van der Waals surface area (Å²) >= 11 is 0. The molecule has 0 aliphatic carbocycles. The molecule has 9 heteroatoms. The van der Waals surface area contributed by atoms with E-state index in [2.05, 4.69) is 15.5 Å². The third-order valence-electron chi connectivity index (χ3n) is 5.47. The second-order valence-corrected chi connectivity index (χ2v) is 7.72. The van der Waals surface area contributed by atoms with Gasteiger partial charge >= 0.3 is 0 Å². The van der Waals surface area contributed by atoms with Crippen molar-refractivity contribution in [3.63, 3.8) is 0 Å². The number of nitrogens with zero attached hydrogens (tertiary/aromatic N) is 6. The Balaban J connectivity index is 1.81. The van der Waals surface area contributed by atoms with E-state index >= 15 is 0 Å². The largest absolute Gasteiger partial charge is 0.343 e. The normalized spacial score (nSPS) is 11.0. The molecule has 0 spiro atoms. The van der Waals surface area contributed by atoms with Crippen LogP contribution in [-0.2, 0) is 13.6 Å². The number of amides is 2. The molecule has 32 heavy (non-hydrogen) atoms. The summed E-state index contributed by atoms with van der Waals surface area (Å²) in [5, 5.41) is 12.2. The Bertz CT molecular complexity index is 1330. The Morgan fingerprint density at radius 2 is 1.88 bits per heavy atom. The number of anilines is 1. The number of fused-ring (bicyclic) bond motifs is 1. The molecule has 0 saturated heterocycles. The summed E-state index contributed by atoms with van der Waals surface area (Å²) in [5.74, 6) is -0.569. The van der Waals surface area contributed by atoms with E-state index in [1.165, 1.54) is 11.1 Å². The number of aryl methyl sites for hydroxylation is 2. The molecule has 2 amide bonds. The van der Waals surface area contributed by atoms with Crippen LogP contribution in [0.1, 0.15) is 33.5 Å². The van der Waals surface area contributed by atoms with E-state index in [1.54, 1.807) is 35.7 Å². The van der Waals surface area contributed by atoms with Gasteiger partial charge in [0.15, 0.2) is 0 Å². The minimum atomic E-state index is -0.338. The lowest BCUT2D eigenvalue weighted by Crippen LogP contribution is -2.26. The molecular weight excluding hydrogens is 406 g/mol. The zero-order chi connectivity index (χ0) is 23.0. The van der Waals surface area contributed by atoms with Gasteiger partial charge in [0.2, 0.25) is 0 Å². The Morgan fingerprint density at radius 1 is 1.12 bits per heavy atom. The summed E-state index contributed by atoms with van der Waals surface area (Å²) in [7, 11) is 5.20. The molecule has 1 aromatic carbocycles. The van der Waals surface area contributed by atoms with Crippen molar-refractivity contribution < 1.29 is 9.59 Å². The standard InChI is InChI=1S/C23H25N7O2/c1-6-30-21(23(32)28(3)4)20(13-25-30)27-22(31)16-11-19(17-12-24-29(5)14(17)2)26-18-10-8-7-9-15(16)18/h7-13H,6H2,1-5H3,(H,27,31). The third-order valence-corrected chi connectivity index (χ3v) is 5.47. The van der Waals surface area contributed by atoms with Gasteiger partial charge in [0.25, 0.3) is 11.8 Å². The molecule has 0 fully saturated rings. The zero-order valence-corrected chi connectivity index (χ0v) is 18.7. The van der Waals surface area contributed by atoms with Crippen molar-refractivity contribution in [3.05, 3.63) is 59.7 Å². The summed E-state index contributed by atoms with van der Waals surface area (Å²) in [4.78, 5) is 32.3. The maximum Gasteiger partial charge on any atom is 0.273 e. The highest BCUT2D eigenvalue weighted by Crippen LogP contribution is 2.28. The van der Waals surface area contributed by atoms with Gasteiger partial charge in [-0.3, -0.25) is 19.0 Å². The number of rotatable bonds is 5. The Hall–Kier alpha value is -4.01. The van der Waals surface area contributed by atoms with Crippen molar-refractivity contribution in [2.24, 2.45) is 7.05 Å². The second-order valence-electron chi connectivity index (χ2n) is 7.72.